The summed E-state index contributed by atoms with van der Waals surface area (Å²) in [5, 5.41) is 22.5. The van der Waals surface area contributed by atoms with E-state index >= 15 is 0 Å². The molecule has 4 rings (SSSR count). The maximum Gasteiger partial charge on any atom is 0.353 e. The third-order valence-corrected chi connectivity index (χ3v) is 6.73. The monoisotopic (exact) mass is 417 g/mol. The van der Waals surface area contributed by atoms with Gasteiger partial charge in [-0.1, -0.05) is 42.1 Å². The van der Waals surface area contributed by atoms with Crippen LogP contribution in [-0.4, -0.2) is 60.4 Å². The standard InChI is InChI=1S/C17H15N5O4S2/c23-11(6-9-4-2-1-3-5-9)19-13-15(24)22-14(17(25)26)10(8-27-16(13)22)28-12-7-18-21-20-12/h1-5,7,13,16H,6,8H2,(H,19,23)(H,25,26)(H,18,20,21)/t13-,16-/m1/s1. The Morgan fingerprint density at radius 1 is 1.36 bits per heavy atom. The highest BCUT2D eigenvalue weighted by Crippen LogP contribution is 2.44. The lowest BCUT2D eigenvalue weighted by Crippen LogP contribution is -2.70. The van der Waals surface area contributed by atoms with E-state index < -0.39 is 23.3 Å². The first-order chi connectivity index (χ1) is 13.5. The summed E-state index contributed by atoms with van der Waals surface area (Å²) in [5.41, 5.74) is 0.785. The van der Waals surface area contributed by atoms with Crippen molar-refractivity contribution in [1.82, 2.24) is 25.6 Å². The number of β-lactam (4-membered cyclic amide) rings is 1. The first kappa shape index (κ1) is 18.6. The molecule has 11 heteroatoms. The average molecular weight is 417 g/mol. The predicted octanol–water partition coefficient (Wildman–Crippen LogP) is 0.836. The topological polar surface area (TPSA) is 128 Å². The number of aliphatic carboxylic acids is 1. The summed E-state index contributed by atoms with van der Waals surface area (Å²) in [6.45, 7) is 0. The van der Waals surface area contributed by atoms with Crippen LogP contribution in [0, 0.1) is 0 Å². The summed E-state index contributed by atoms with van der Waals surface area (Å²) in [6, 6.07) is 8.49. The summed E-state index contributed by atoms with van der Waals surface area (Å²) < 4.78 is 0. The lowest BCUT2D eigenvalue weighted by molar-refractivity contribution is -0.150. The van der Waals surface area contributed by atoms with Crippen LogP contribution in [0.3, 0.4) is 0 Å². The largest absolute Gasteiger partial charge is 0.477 e. The molecule has 2 aliphatic rings. The fourth-order valence-electron chi connectivity index (χ4n) is 3.04. The van der Waals surface area contributed by atoms with Gasteiger partial charge < -0.3 is 10.4 Å². The molecule has 1 aromatic carbocycles. The Morgan fingerprint density at radius 2 is 2.14 bits per heavy atom. The van der Waals surface area contributed by atoms with Gasteiger partial charge >= 0.3 is 5.97 Å². The number of rotatable bonds is 6. The van der Waals surface area contributed by atoms with Crippen molar-refractivity contribution >= 4 is 41.3 Å². The minimum absolute atomic E-state index is 0.0599. The smallest absolute Gasteiger partial charge is 0.353 e. The number of nitrogens with one attached hydrogen (secondary N) is 2. The number of benzene rings is 1. The number of thioether (sulfide) groups is 2. The number of aromatic nitrogens is 3. The van der Waals surface area contributed by atoms with Crippen molar-refractivity contribution in [1.29, 1.82) is 0 Å². The highest BCUT2D eigenvalue weighted by molar-refractivity contribution is 8.06. The van der Waals surface area contributed by atoms with Gasteiger partial charge in [0, 0.05) is 10.7 Å². The predicted molar refractivity (Wildman–Crippen MR) is 102 cm³/mol. The van der Waals surface area contributed by atoms with Crippen molar-refractivity contribution in [3.05, 3.63) is 52.7 Å². The minimum Gasteiger partial charge on any atom is -0.477 e. The van der Waals surface area contributed by atoms with E-state index in [-0.39, 0.29) is 18.0 Å². The van der Waals surface area contributed by atoms with Gasteiger partial charge in [-0.2, -0.15) is 10.3 Å². The zero-order chi connectivity index (χ0) is 19.7. The summed E-state index contributed by atoms with van der Waals surface area (Å²) in [7, 11) is 0. The molecule has 2 aromatic rings. The molecule has 0 aliphatic carbocycles. The second-order valence-corrected chi connectivity index (χ2v) is 8.32. The van der Waals surface area contributed by atoms with E-state index in [0.717, 1.165) is 17.3 Å². The molecule has 0 bridgehead atoms. The maximum atomic E-state index is 12.6. The molecular weight excluding hydrogens is 402 g/mol. The van der Waals surface area contributed by atoms with E-state index in [2.05, 4.69) is 20.7 Å². The molecule has 0 unspecified atom stereocenters. The van der Waals surface area contributed by atoms with Crippen molar-refractivity contribution in [3.63, 3.8) is 0 Å². The lowest BCUT2D eigenvalue weighted by atomic mass is 10.0. The maximum absolute atomic E-state index is 12.6. The van der Waals surface area contributed by atoms with Crippen molar-refractivity contribution in [2.24, 2.45) is 0 Å². The molecule has 9 nitrogen and oxygen atoms in total. The molecule has 0 spiro atoms. The molecule has 2 aliphatic heterocycles. The van der Waals surface area contributed by atoms with Crippen LogP contribution in [0.25, 0.3) is 0 Å². The van der Waals surface area contributed by atoms with Crippen LogP contribution in [0.1, 0.15) is 5.56 Å². The Labute approximate surface area is 167 Å². The molecule has 0 radical (unpaired) electrons. The average Bonchev–Trinajstić information content (AvgIpc) is 3.19. The second-order valence-electron chi connectivity index (χ2n) is 6.10. The number of carboxylic acids is 1. The number of hydrogen-bond acceptors (Lipinski definition) is 7. The molecule has 3 N–H and O–H groups in total. The number of nitrogens with zero attached hydrogens (tertiary/aromatic N) is 3. The number of carbonyl (C=O) groups is 3. The van der Waals surface area contributed by atoms with Crippen LogP contribution in [0.5, 0.6) is 0 Å². The summed E-state index contributed by atoms with van der Waals surface area (Å²) in [5.74, 6) is -1.47. The van der Waals surface area contributed by atoms with Gasteiger partial charge in [0.05, 0.1) is 12.6 Å². The SMILES string of the molecule is O=C(Cc1ccccc1)N[C@@H]1C(=O)N2C(C(=O)O)=C(Sc3cn[nH]n3)CS[C@H]12. The highest BCUT2D eigenvalue weighted by Gasteiger charge is 2.54. The molecule has 1 saturated heterocycles. The van der Waals surface area contributed by atoms with Crippen LogP contribution < -0.4 is 5.32 Å². The van der Waals surface area contributed by atoms with Gasteiger partial charge in [0.1, 0.15) is 22.1 Å². The van der Waals surface area contributed by atoms with Crippen molar-refractivity contribution in [2.75, 3.05) is 5.75 Å². The number of aromatic amines is 1. The zero-order valence-electron chi connectivity index (χ0n) is 14.4. The zero-order valence-corrected chi connectivity index (χ0v) is 16.0. The Hall–Kier alpha value is -2.79. The molecule has 1 aromatic heterocycles. The molecule has 0 saturated carbocycles. The van der Waals surface area contributed by atoms with Crippen LogP contribution in [0.2, 0.25) is 0 Å². The summed E-state index contributed by atoms with van der Waals surface area (Å²) in [6.07, 6.45) is 1.65. The van der Waals surface area contributed by atoms with Crippen LogP contribution in [0.4, 0.5) is 0 Å². The first-order valence-electron chi connectivity index (χ1n) is 8.32. The Balaban J connectivity index is 1.47. The van der Waals surface area contributed by atoms with Crippen molar-refractivity contribution in [3.8, 4) is 0 Å². The molecule has 144 valence electrons. The first-order valence-corrected chi connectivity index (χ1v) is 10.2. The number of carbonyl (C=O) groups excluding carboxylic acids is 2. The van der Waals surface area contributed by atoms with Gasteiger partial charge in [-0.05, 0) is 5.56 Å². The number of amides is 2. The third kappa shape index (κ3) is 3.50. The normalized spacial score (nSPS) is 21.1. The Bertz CT molecular complexity index is 948. The van der Waals surface area contributed by atoms with E-state index in [1.807, 2.05) is 30.3 Å². The quantitative estimate of drug-likeness (QED) is 0.590. The van der Waals surface area contributed by atoms with Gasteiger partial charge in [0.2, 0.25) is 5.91 Å². The number of carboxylic acid groups (broad SMARTS) is 1. The van der Waals surface area contributed by atoms with Crippen LogP contribution in [-0.2, 0) is 20.8 Å². The van der Waals surface area contributed by atoms with Gasteiger partial charge in [-0.3, -0.25) is 14.5 Å². The lowest BCUT2D eigenvalue weighted by Gasteiger charge is -2.49. The van der Waals surface area contributed by atoms with Gasteiger partial charge in [-0.25, -0.2) is 4.79 Å². The highest BCUT2D eigenvalue weighted by atomic mass is 32.2. The van der Waals surface area contributed by atoms with Crippen LogP contribution in [0.15, 0.2) is 52.2 Å². The molecule has 2 atom stereocenters. The second kappa shape index (κ2) is 7.68. The van der Waals surface area contributed by atoms with Gasteiger partial charge in [0.15, 0.2) is 0 Å². The molecule has 28 heavy (non-hydrogen) atoms. The fraction of sp³-hybridized carbons (Fsp3) is 0.235. The minimum atomic E-state index is -1.18. The molecular formula is C17H15N5O4S2. The number of fused-ring (bicyclic) bond motifs is 1. The molecule has 2 amide bonds. The summed E-state index contributed by atoms with van der Waals surface area (Å²) in [4.78, 5) is 38.4. The third-order valence-electron chi connectivity index (χ3n) is 4.28. The van der Waals surface area contributed by atoms with E-state index in [9.17, 15) is 19.5 Å². The fourth-order valence-corrected chi connectivity index (χ4v) is 5.40. The van der Waals surface area contributed by atoms with Gasteiger partial charge in [-0.15, -0.1) is 16.9 Å². The van der Waals surface area contributed by atoms with E-state index in [4.69, 9.17) is 0 Å². The summed E-state index contributed by atoms with van der Waals surface area (Å²) >= 11 is 2.57. The number of H-pyrrole nitrogens is 1. The van der Waals surface area contributed by atoms with E-state index in [1.54, 1.807) is 0 Å². The van der Waals surface area contributed by atoms with Gasteiger partial charge in [0.25, 0.3) is 5.91 Å². The van der Waals surface area contributed by atoms with E-state index in [0.29, 0.717) is 15.7 Å². The van der Waals surface area contributed by atoms with E-state index in [1.165, 1.54) is 22.9 Å². The number of hydrogen-bond donors (Lipinski definition) is 3. The molecule has 3 heterocycles. The van der Waals surface area contributed by atoms with Crippen molar-refractivity contribution in [2.45, 2.75) is 22.9 Å². The molecule has 1 fully saturated rings. The van der Waals surface area contributed by atoms with Crippen molar-refractivity contribution < 1.29 is 19.5 Å². The van der Waals surface area contributed by atoms with Crippen LogP contribution >= 0.6 is 23.5 Å². The Morgan fingerprint density at radius 3 is 2.82 bits per heavy atom. The Kier molecular flexibility index (Phi) is 5.09.